The lowest BCUT2D eigenvalue weighted by molar-refractivity contribution is -0.124. The molecule has 0 amide bonds. The molecule has 64 valence electrons. The highest BCUT2D eigenvalue weighted by molar-refractivity contribution is 9.10. The molecule has 0 N–H and O–H groups in total. The molecule has 1 saturated carbocycles. The molecule has 1 rings (SSSR count). The van der Waals surface area contributed by atoms with Crippen LogP contribution in [0.25, 0.3) is 0 Å². The first-order valence-corrected chi connectivity index (χ1v) is 5.10. The molecule has 0 aliphatic heterocycles. The van der Waals surface area contributed by atoms with Crippen molar-refractivity contribution in [2.75, 3.05) is 0 Å². The average Bonchev–Trinajstić information content (AvgIpc) is 2.13. The maximum absolute atomic E-state index is 11.5. The fourth-order valence-electron chi connectivity index (χ4n) is 1.93. The van der Waals surface area contributed by atoms with Gasteiger partial charge in [0.05, 0.1) is 4.83 Å². The number of Topliss-reactive ketones (excluding diaryl/α,β-unsaturated/α-hetero) is 1. The van der Waals surface area contributed by atoms with Gasteiger partial charge in [0, 0.05) is 5.41 Å². The summed E-state index contributed by atoms with van der Waals surface area (Å²) in [6.07, 6.45) is 2.13. The van der Waals surface area contributed by atoms with Crippen LogP contribution in [0.3, 0.4) is 0 Å². The molecule has 0 spiro atoms. The average molecular weight is 219 g/mol. The van der Waals surface area contributed by atoms with Crippen LogP contribution >= 0.6 is 15.9 Å². The second kappa shape index (κ2) is 2.89. The molecule has 0 aromatic rings. The Bertz CT molecular complexity index is 174. The third kappa shape index (κ3) is 1.37. The first-order chi connectivity index (χ1) is 5.00. The molecule has 2 unspecified atom stereocenters. The summed E-state index contributed by atoms with van der Waals surface area (Å²) in [5, 5.41) is 0. The van der Waals surface area contributed by atoms with Crippen LogP contribution < -0.4 is 0 Å². The van der Waals surface area contributed by atoms with Crippen molar-refractivity contribution in [2.24, 2.45) is 11.3 Å². The predicted molar refractivity (Wildman–Crippen MR) is 49.9 cm³/mol. The summed E-state index contributed by atoms with van der Waals surface area (Å²) in [5.74, 6) is 0.948. The molecule has 0 saturated heterocycles. The lowest BCUT2D eigenvalue weighted by Gasteiger charge is -2.23. The second-order valence-corrected chi connectivity index (χ2v) is 5.00. The number of ketones is 1. The van der Waals surface area contributed by atoms with E-state index >= 15 is 0 Å². The molecule has 1 nitrogen and oxygen atoms in total. The second-order valence-electron chi connectivity index (χ2n) is 3.89. The summed E-state index contributed by atoms with van der Waals surface area (Å²) in [7, 11) is 0. The van der Waals surface area contributed by atoms with Gasteiger partial charge in [-0.25, -0.2) is 0 Å². The molecule has 1 aliphatic rings. The van der Waals surface area contributed by atoms with Crippen LogP contribution in [-0.4, -0.2) is 10.6 Å². The number of halogens is 1. The SMILES string of the molecule is CCC1CC(Br)C(=O)C1(C)C. The Kier molecular flexibility index (Phi) is 2.43. The number of carbonyl (C=O) groups excluding carboxylic acids is 1. The normalized spacial score (nSPS) is 36.2. The maximum Gasteiger partial charge on any atom is 0.152 e. The largest absolute Gasteiger partial charge is 0.298 e. The topological polar surface area (TPSA) is 17.1 Å². The molecular formula is C9H15BrO. The van der Waals surface area contributed by atoms with E-state index in [1.165, 1.54) is 0 Å². The number of carbonyl (C=O) groups is 1. The highest BCUT2D eigenvalue weighted by Gasteiger charge is 2.45. The molecule has 1 aliphatic carbocycles. The smallest absolute Gasteiger partial charge is 0.152 e. The van der Waals surface area contributed by atoms with Gasteiger partial charge < -0.3 is 0 Å². The molecular weight excluding hydrogens is 204 g/mol. The number of hydrogen-bond acceptors (Lipinski definition) is 1. The van der Waals surface area contributed by atoms with Crippen LogP contribution in [0.2, 0.25) is 0 Å². The Morgan fingerprint density at radius 3 is 2.36 bits per heavy atom. The minimum absolute atomic E-state index is 0.0943. The number of rotatable bonds is 1. The van der Waals surface area contributed by atoms with Crippen molar-refractivity contribution < 1.29 is 4.79 Å². The van der Waals surface area contributed by atoms with Crippen molar-refractivity contribution in [3.05, 3.63) is 0 Å². The molecule has 0 aromatic heterocycles. The van der Waals surface area contributed by atoms with Crippen LogP contribution in [-0.2, 0) is 4.79 Å². The minimum atomic E-state index is -0.0943. The summed E-state index contributed by atoms with van der Waals surface area (Å²) in [4.78, 5) is 11.7. The van der Waals surface area contributed by atoms with Crippen molar-refractivity contribution in [1.82, 2.24) is 0 Å². The summed E-state index contributed by atoms with van der Waals surface area (Å²) in [6.45, 7) is 6.28. The van der Waals surface area contributed by atoms with E-state index in [1.54, 1.807) is 0 Å². The van der Waals surface area contributed by atoms with Crippen molar-refractivity contribution in [3.8, 4) is 0 Å². The third-order valence-electron chi connectivity index (χ3n) is 2.92. The van der Waals surface area contributed by atoms with Crippen LogP contribution in [0.1, 0.15) is 33.6 Å². The van der Waals surface area contributed by atoms with Crippen LogP contribution in [0, 0.1) is 11.3 Å². The minimum Gasteiger partial charge on any atom is -0.298 e. The van der Waals surface area contributed by atoms with Gasteiger partial charge >= 0.3 is 0 Å². The number of hydrogen-bond donors (Lipinski definition) is 0. The summed E-state index contributed by atoms with van der Waals surface area (Å²) >= 11 is 3.41. The Hall–Kier alpha value is 0.150. The van der Waals surface area contributed by atoms with E-state index in [1.807, 2.05) is 0 Å². The monoisotopic (exact) mass is 218 g/mol. The fraction of sp³-hybridized carbons (Fsp3) is 0.889. The molecule has 1 fully saturated rings. The van der Waals surface area contributed by atoms with Gasteiger partial charge in [0.2, 0.25) is 0 Å². The predicted octanol–water partition coefficient (Wildman–Crippen LogP) is 2.78. The number of alkyl halides is 1. The standard InChI is InChI=1S/C9H15BrO/c1-4-6-5-7(10)8(11)9(6,2)3/h6-7H,4-5H2,1-3H3. The highest BCUT2D eigenvalue weighted by Crippen LogP contribution is 2.44. The maximum atomic E-state index is 11.5. The lowest BCUT2D eigenvalue weighted by atomic mass is 9.80. The van der Waals surface area contributed by atoms with E-state index in [-0.39, 0.29) is 10.2 Å². The third-order valence-corrected chi connectivity index (χ3v) is 3.71. The summed E-state index contributed by atoms with van der Waals surface area (Å²) < 4.78 is 0. The van der Waals surface area contributed by atoms with Gasteiger partial charge in [-0.1, -0.05) is 43.1 Å². The first kappa shape index (κ1) is 9.24. The van der Waals surface area contributed by atoms with Crippen LogP contribution in [0.15, 0.2) is 0 Å². The van der Waals surface area contributed by atoms with Crippen molar-refractivity contribution >= 4 is 21.7 Å². The van der Waals surface area contributed by atoms with Gasteiger partial charge in [-0.15, -0.1) is 0 Å². The Balaban J connectivity index is 2.82. The summed E-state index contributed by atoms with van der Waals surface area (Å²) in [5.41, 5.74) is -0.0943. The van der Waals surface area contributed by atoms with Crippen LogP contribution in [0.4, 0.5) is 0 Å². The Labute approximate surface area is 76.7 Å². The van der Waals surface area contributed by atoms with E-state index in [0.717, 1.165) is 12.8 Å². The van der Waals surface area contributed by atoms with E-state index in [4.69, 9.17) is 0 Å². The fourth-order valence-corrected chi connectivity index (χ4v) is 2.97. The Morgan fingerprint density at radius 2 is 2.18 bits per heavy atom. The van der Waals surface area contributed by atoms with Gasteiger partial charge in [-0.2, -0.15) is 0 Å². The van der Waals surface area contributed by atoms with Gasteiger partial charge in [-0.05, 0) is 12.3 Å². The van der Waals surface area contributed by atoms with E-state index in [2.05, 4.69) is 36.7 Å². The van der Waals surface area contributed by atoms with Gasteiger partial charge in [0.1, 0.15) is 0 Å². The van der Waals surface area contributed by atoms with Crippen molar-refractivity contribution in [1.29, 1.82) is 0 Å². The zero-order chi connectivity index (χ0) is 8.65. The molecule has 2 atom stereocenters. The molecule has 0 heterocycles. The van der Waals surface area contributed by atoms with Crippen LogP contribution in [0.5, 0.6) is 0 Å². The van der Waals surface area contributed by atoms with E-state index in [0.29, 0.717) is 11.7 Å². The van der Waals surface area contributed by atoms with Crippen molar-refractivity contribution in [3.63, 3.8) is 0 Å². The molecule has 11 heavy (non-hydrogen) atoms. The lowest BCUT2D eigenvalue weighted by Crippen LogP contribution is -2.26. The van der Waals surface area contributed by atoms with Crippen molar-refractivity contribution in [2.45, 2.75) is 38.4 Å². The quantitative estimate of drug-likeness (QED) is 0.619. The highest BCUT2D eigenvalue weighted by atomic mass is 79.9. The molecule has 0 aromatic carbocycles. The molecule has 0 bridgehead atoms. The molecule has 2 heteroatoms. The van der Waals surface area contributed by atoms with Gasteiger partial charge in [-0.3, -0.25) is 4.79 Å². The zero-order valence-corrected chi connectivity index (χ0v) is 8.94. The van der Waals surface area contributed by atoms with E-state index in [9.17, 15) is 4.79 Å². The first-order valence-electron chi connectivity index (χ1n) is 4.18. The summed E-state index contributed by atoms with van der Waals surface area (Å²) in [6, 6.07) is 0. The Morgan fingerprint density at radius 1 is 1.64 bits per heavy atom. The molecule has 0 radical (unpaired) electrons. The van der Waals surface area contributed by atoms with Gasteiger partial charge in [0.25, 0.3) is 0 Å². The van der Waals surface area contributed by atoms with E-state index < -0.39 is 0 Å². The van der Waals surface area contributed by atoms with Gasteiger partial charge in [0.15, 0.2) is 5.78 Å². The zero-order valence-electron chi connectivity index (χ0n) is 7.36.